The highest BCUT2D eigenvalue weighted by Gasteiger charge is 2.55. The second-order valence-corrected chi connectivity index (χ2v) is 11.3. The summed E-state index contributed by atoms with van der Waals surface area (Å²) in [5, 5.41) is 6.64. The van der Waals surface area contributed by atoms with Crippen molar-refractivity contribution in [2.24, 2.45) is 9.98 Å². The molecular weight excluding hydrogens is 502 g/mol. The van der Waals surface area contributed by atoms with Gasteiger partial charge in [-0.15, -0.1) is 0 Å². The summed E-state index contributed by atoms with van der Waals surface area (Å²) in [7, 11) is 1.94. The number of hydrogen-bond donors (Lipinski definition) is 2. The number of hydrogen-bond acceptors (Lipinski definition) is 9. The third kappa shape index (κ3) is 5.51. The Balaban J connectivity index is 0.00000242. The number of anilines is 3. The Kier molecular flexibility index (Phi) is 8.00. The molecule has 10 nitrogen and oxygen atoms in total. The molecule has 5 heterocycles. The van der Waals surface area contributed by atoms with Crippen LogP contribution in [0.2, 0.25) is 0 Å². The van der Waals surface area contributed by atoms with E-state index in [2.05, 4.69) is 66.4 Å². The van der Waals surface area contributed by atoms with Crippen LogP contribution in [0.5, 0.6) is 0 Å². The number of pyridine rings is 1. The molecule has 3 aliphatic rings. The Hall–Kier alpha value is -3.63. The highest BCUT2D eigenvalue weighted by molar-refractivity contribution is 6.00. The van der Waals surface area contributed by atoms with Crippen molar-refractivity contribution in [3.8, 4) is 0 Å². The highest BCUT2D eigenvalue weighted by atomic mass is 16.5. The number of fused-ring (bicyclic) bond motifs is 3. The van der Waals surface area contributed by atoms with Crippen LogP contribution in [0.4, 0.5) is 17.6 Å². The fourth-order valence-electron chi connectivity index (χ4n) is 5.55. The molecule has 0 saturated carbocycles. The van der Waals surface area contributed by atoms with E-state index in [4.69, 9.17) is 24.7 Å². The number of likely N-dealkylation sites (N-methyl/N-ethyl adjacent to an activating group) is 1. The van der Waals surface area contributed by atoms with Gasteiger partial charge in [0.2, 0.25) is 5.95 Å². The van der Waals surface area contributed by atoms with E-state index in [9.17, 15) is 0 Å². The number of nitrogens with zero attached hydrogens (tertiary/aromatic N) is 7. The van der Waals surface area contributed by atoms with Crippen molar-refractivity contribution in [1.82, 2.24) is 25.2 Å². The number of rotatable bonds is 8. The zero-order valence-electron chi connectivity index (χ0n) is 24.5. The molecule has 2 N–H and O–H groups in total. The first-order valence-corrected chi connectivity index (χ1v) is 14.2. The average Bonchev–Trinajstić information content (AvgIpc) is 3.04. The van der Waals surface area contributed by atoms with Gasteiger partial charge in [0.25, 0.3) is 0 Å². The maximum atomic E-state index is 6.34. The minimum Gasteiger partial charge on any atom is -0.374 e. The van der Waals surface area contributed by atoms with Gasteiger partial charge in [0.05, 0.1) is 30.3 Å². The Morgan fingerprint density at radius 3 is 2.88 bits per heavy atom. The van der Waals surface area contributed by atoms with E-state index in [1.165, 1.54) is 0 Å². The van der Waals surface area contributed by atoms with Crippen molar-refractivity contribution in [2.75, 3.05) is 37.0 Å². The van der Waals surface area contributed by atoms with Crippen LogP contribution in [0.1, 0.15) is 61.6 Å². The molecule has 0 aliphatic carbocycles. The molecule has 10 heteroatoms. The summed E-state index contributed by atoms with van der Waals surface area (Å²) >= 11 is 0. The van der Waals surface area contributed by atoms with Crippen LogP contribution < -0.4 is 15.5 Å². The molecule has 2 aromatic heterocycles. The van der Waals surface area contributed by atoms with Crippen LogP contribution in [0.25, 0.3) is 0 Å². The number of aliphatic imine (C=N–C) groups is 2. The predicted molar refractivity (Wildman–Crippen MR) is 165 cm³/mol. The fourth-order valence-corrected chi connectivity index (χ4v) is 5.55. The zero-order chi connectivity index (χ0) is 28.3. The summed E-state index contributed by atoms with van der Waals surface area (Å²) in [6.45, 7) is 13.5. The minimum atomic E-state index is -0.253. The highest BCUT2D eigenvalue weighted by Crippen LogP contribution is 2.52. The van der Waals surface area contributed by atoms with Gasteiger partial charge in [0.15, 0.2) is 0 Å². The first-order valence-electron chi connectivity index (χ1n) is 14.2. The lowest BCUT2D eigenvalue weighted by molar-refractivity contribution is -0.0893. The molecule has 0 bridgehead atoms. The van der Waals surface area contributed by atoms with Crippen LogP contribution in [0.15, 0.2) is 58.4 Å². The van der Waals surface area contributed by atoms with E-state index in [0.717, 1.165) is 53.9 Å². The summed E-state index contributed by atoms with van der Waals surface area (Å²) in [5.74, 6) is 3.16. The number of ether oxygens (including phenoxy) is 1. The molecule has 0 aromatic carbocycles. The van der Waals surface area contributed by atoms with Gasteiger partial charge < -0.3 is 25.2 Å². The summed E-state index contributed by atoms with van der Waals surface area (Å²) in [4.78, 5) is 28.3. The summed E-state index contributed by atoms with van der Waals surface area (Å²) in [6, 6.07) is 6.33. The van der Waals surface area contributed by atoms with E-state index in [1.54, 1.807) is 0 Å². The summed E-state index contributed by atoms with van der Waals surface area (Å²) in [6.07, 6.45) is 11.3. The molecule has 216 valence electrons. The predicted octanol–water partition coefficient (Wildman–Crippen LogP) is 5.04. The van der Waals surface area contributed by atoms with Crippen LogP contribution in [-0.4, -0.2) is 70.4 Å². The van der Waals surface area contributed by atoms with Crippen molar-refractivity contribution in [1.29, 1.82) is 0 Å². The van der Waals surface area contributed by atoms with Gasteiger partial charge >= 0.3 is 0 Å². The number of allylic oxidation sites excluding steroid dienone is 1. The Morgan fingerprint density at radius 1 is 1.25 bits per heavy atom. The van der Waals surface area contributed by atoms with Crippen molar-refractivity contribution in [3.05, 3.63) is 59.7 Å². The Bertz CT molecular complexity index is 1360. The van der Waals surface area contributed by atoms with Gasteiger partial charge in [-0.1, -0.05) is 19.1 Å². The first kappa shape index (κ1) is 27.9. The Morgan fingerprint density at radius 2 is 2.10 bits per heavy atom. The van der Waals surface area contributed by atoms with Gasteiger partial charge in [0.1, 0.15) is 17.5 Å². The van der Waals surface area contributed by atoms with Gasteiger partial charge in [-0.25, -0.2) is 15.0 Å². The largest absolute Gasteiger partial charge is 0.374 e. The SMILES string of the molecule is CCN=CN(CC)C1=NC=C(Nc2ncc3c(n2)N(c2cccc(CNC)n2)[C@H]2CC(C)(C)OC[C@@]32C)CC=C1.[HH].[HH]. The maximum Gasteiger partial charge on any atom is 0.228 e. The van der Waals surface area contributed by atoms with Crippen LogP contribution in [0, 0.1) is 0 Å². The van der Waals surface area contributed by atoms with Crippen molar-refractivity contribution in [3.63, 3.8) is 0 Å². The quantitative estimate of drug-likeness (QED) is 0.350. The molecule has 3 aliphatic heterocycles. The van der Waals surface area contributed by atoms with Crippen molar-refractivity contribution >= 4 is 29.8 Å². The van der Waals surface area contributed by atoms with Gasteiger partial charge in [-0.3, -0.25) is 4.99 Å². The second kappa shape index (κ2) is 11.5. The zero-order valence-corrected chi connectivity index (χ0v) is 24.5. The topological polar surface area (TPSA) is 103 Å². The molecule has 2 aromatic rings. The van der Waals surface area contributed by atoms with Crippen LogP contribution in [-0.2, 0) is 16.7 Å². The molecule has 0 unspecified atom stereocenters. The van der Waals surface area contributed by atoms with E-state index in [1.807, 2.05) is 49.7 Å². The maximum absolute atomic E-state index is 6.34. The van der Waals surface area contributed by atoms with Crippen molar-refractivity contribution in [2.45, 2.75) is 71.1 Å². The lowest BCUT2D eigenvalue weighted by Gasteiger charge is -2.46. The van der Waals surface area contributed by atoms with Crippen molar-refractivity contribution < 1.29 is 7.59 Å². The average molecular weight is 548 g/mol. The van der Waals surface area contributed by atoms with E-state index < -0.39 is 0 Å². The molecule has 0 spiro atoms. The molecule has 0 amide bonds. The third-order valence-electron chi connectivity index (χ3n) is 7.77. The summed E-state index contributed by atoms with van der Waals surface area (Å²) < 4.78 is 6.34. The minimum absolute atomic E-state index is 0. The van der Waals surface area contributed by atoms with Crippen LogP contribution in [0.3, 0.4) is 0 Å². The second-order valence-electron chi connectivity index (χ2n) is 11.3. The lowest BCUT2D eigenvalue weighted by atomic mass is 9.73. The van der Waals surface area contributed by atoms with E-state index in [0.29, 0.717) is 25.5 Å². The van der Waals surface area contributed by atoms with Gasteiger partial charge in [-0.05, 0) is 59.4 Å². The van der Waals surface area contributed by atoms with E-state index in [-0.39, 0.29) is 19.9 Å². The van der Waals surface area contributed by atoms with Crippen LogP contribution >= 0.6 is 0 Å². The first-order chi connectivity index (χ1) is 19.3. The molecule has 5 rings (SSSR count). The number of nitrogens with one attached hydrogen (secondary N) is 2. The third-order valence-corrected chi connectivity index (χ3v) is 7.77. The molecule has 2 atom stereocenters. The lowest BCUT2D eigenvalue weighted by Crippen LogP contribution is -2.54. The molecule has 0 radical (unpaired) electrons. The van der Waals surface area contributed by atoms with Gasteiger partial charge in [0, 0.05) is 58.0 Å². The standard InChI is InChI=1S/C30H41N9O.2H2/c1-7-32-20-38(8-2)25-13-9-12-22(17-33-25)36-28-34-18-23-27(37-28)39(26-14-10-11-21(35-26)16-31-6)24-15-29(3,4)40-19-30(23,24)5;;/h9-11,13-14,17-18,20,24,31H,7-8,12,15-16,19H2,1-6H3,(H,34,36,37);2*1H/t24-,30-;;/m0../s1. The number of aromatic nitrogens is 3. The van der Waals surface area contributed by atoms with E-state index >= 15 is 0 Å². The number of amidine groups is 1. The molecule has 1 fully saturated rings. The monoisotopic (exact) mass is 547 g/mol. The normalized spacial score (nSPS) is 23.4. The molecule has 40 heavy (non-hydrogen) atoms. The molecule has 1 saturated heterocycles. The Labute approximate surface area is 240 Å². The fraction of sp³-hybridized carbons (Fsp3) is 0.500. The van der Waals surface area contributed by atoms with Gasteiger partial charge in [-0.2, -0.15) is 4.98 Å². The summed E-state index contributed by atoms with van der Waals surface area (Å²) in [5.41, 5.74) is 2.49. The smallest absolute Gasteiger partial charge is 0.228 e. The molecular formula is C30H45N9O.